The number of aryl methyl sites for hydroxylation is 1. The van der Waals surface area contributed by atoms with Crippen LogP contribution in [0.5, 0.6) is 0 Å². The minimum absolute atomic E-state index is 0.284. The van der Waals surface area contributed by atoms with Gasteiger partial charge in [-0.3, -0.25) is 0 Å². The van der Waals surface area contributed by atoms with Crippen molar-refractivity contribution in [3.8, 4) is 10.6 Å². The number of thiazole rings is 1. The van der Waals surface area contributed by atoms with E-state index in [0.29, 0.717) is 10.6 Å². The first kappa shape index (κ1) is 11.2. The van der Waals surface area contributed by atoms with Crippen LogP contribution in [-0.2, 0) is 0 Å². The number of hydrogen-bond donors (Lipinski definition) is 1. The van der Waals surface area contributed by atoms with Crippen LogP contribution in [0.3, 0.4) is 0 Å². The normalized spacial score (nSPS) is 12.8. The minimum Gasteiger partial charge on any atom is -0.388 e. The molecular weight excluding hydrogens is 225 g/mol. The summed E-state index contributed by atoms with van der Waals surface area (Å²) in [5.41, 5.74) is 1.25. The monoisotopic (exact) mass is 237 g/mol. The number of benzene rings is 1. The number of aromatic nitrogens is 1. The highest BCUT2D eigenvalue weighted by Crippen LogP contribution is 2.32. The number of halogens is 1. The molecule has 0 fully saturated rings. The van der Waals surface area contributed by atoms with Crippen LogP contribution in [-0.4, -0.2) is 10.1 Å². The summed E-state index contributed by atoms with van der Waals surface area (Å²) in [7, 11) is 0. The smallest absolute Gasteiger partial charge is 0.133 e. The third-order valence-corrected chi connectivity index (χ3v) is 3.68. The van der Waals surface area contributed by atoms with Gasteiger partial charge >= 0.3 is 0 Å². The first-order valence-corrected chi connectivity index (χ1v) is 5.81. The maximum absolute atomic E-state index is 13.5. The largest absolute Gasteiger partial charge is 0.388 e. The number of aliphatic hydroxyl groups is 1. The molecule has 0 spiro atoms. The van der Waals surface area contributed by atoms with Crippen molar-refractivity contribution in [1.82, 2.24) is 4.98 Å². The Labute approximate surface area is 97.4 Å². The second-order valence-electron chi connectivity index (χ2n) is 3.62. The van der Waals surface area contributed by atoms with E-state index in [9.17, 15) is 9.50 Å². The van der Waals surface area contributed by atoms with Gasteiger partial charge in [0.2, 0.25) is 0 Å². The molecule has 0 aliphatic carbocycles. The Bertz CT molecular complexity index is 507. The molecule has 0 saturated heterocycles. The van der Waals surface area contributed by atoms with Crippen LogP contribution in [0.4, 0.5) is 4.39 Å². The van der Waals surface area contributed by atoms with E-state index < -0.39 is 6.10 Å². The summed E-state index contributed by atoms with van der Waals surface area (Å²) in [5.74, 6) is -0.284. The molecule has 0 radical (unpaired) electrons. The molecule has 4 heteroatoms. The lowest BCUT2D eigenvalue weighted by Gasteiger charge is -1.99. The molecule has 0 bridgehead atoms. The third kappa shape index (κ3) is 1.99. The van der Waals surface area contributed by atoms with Crippen LogP contribution >= 0.6 is 11.3 Å². The van der Waals surface area contributed by atoms with Gasteiger partial charge in [0.25, 0.3) is 0 Å². The topological polar surface area (TPSA) is 33.1 Å². The molecule has 0 aliphatic heterocycles. The summed E-state index contributed by atoms with van der Waals surface area (Å²) in [5, 5.41) is 10.1. The van der Waals surface area contributed by atoms with Crippen molar-refractivity contribution in [2.24, 2.45) is 0 Å². The van der Waals surface area contributed by atoms with Crippen molar-refractivity contribution in [1.29, 1.82) is 0 Å². The average Bonchev–Trinajstić information content (AvgIpc) is 2.61. The lowest BCUT2D eigenvalue weighted by molar-refractivity contribution is 0.202. The Balaban J connectivity index is 2.50. The zero-order chi connectivity index (χ0) is 11.7. The zero-order valence-electron chi connectivity index (χ0n) is 9.07. The fraction of sp³-hybridized carbons (Fsp3) is 0.250. The van der Waals surface area contributed by atoms with Crippen LogP contribution in [0.25, 0.3) is 10.6 Å². The van der Waals surface area contributed by atoms with Crippen LogP contribution in [0.2, 0.25) is 0 Å². The van der Waals surface area contributed by atoms with Crippen molar-refractivity contribution in [2.75, 3.05) is 0 Å². The summed E-state index contributed by atoms with van der Waals surface area (Å²) in [6, 6.07) is 6.53. The van der Waals surface area contributed by atoms with Gasteiger partial charge in [0.15, 0.2) is 0 Å². The number of nitrogens with zero attached hydrogens (tertiary/aromatic N) is 1. The van der Waals surface area contributed by atoms with E-state index in [1.165, 1.54) is 17.4 Å². The molecule has 2 rings (SSSR count). The second kappa shape index (κ2) is 4.31. The summed E-state index contributed by atoms with van der Waals surface area (Å²) in [4.78, 5) is 5.07. The van der Waals surface area contributed by atoms with Gasteiger partial charge in [0.1, 0.15) is 10.8 Å². The molecular formula is C12H12FNOS. The molecule has 2 nitrogen and oxygen atoms in total. The van der Waals surface area contributed by atoms with E-state index in [2.05, 4.69) is 4.98 Å². The molecule has 16 heavy (non-hydrogen) atoms. The highest BCUT2D eigenvalue weighted by Gasteiger charge is 2.15. The van der Waals surface area contributed by atoms with E-state index in [1.54, 1.807) is 25.1 Å². The minimum atomic E-state index is -0.557. The Kier molecular flexibility index (Phi) is 3.03. The van der Waals surface area contributed by atoms with E-state index >= 15 is 0 Å². The first-order valence-electron chi connectivity index (χ1n) is 5.00. The van der Waals surface area contributed by atoms with Gasteiger partial charge in [-0.2, -0.15) is 0 Å². The van der Waals surface area contributed by atoms with E-state index in [-0.39, 0.29) is 5.82 Å². The Morgan fingerprint density at radius 3 is 2.62 bits per heavy atom. The summed E-state index contributed by atoms with van der Waals surface area (Å²) in [6.07, 6.45) is -0.557. The highest BCUT2D eigenvalue weighted by atomic mass is 32.1. The summed E-state index contributed by atoms with van der Waals surface area (Å²) >= 11 is 1.33. The van der Waals surface area contributed by atoms with Gasteiger partial charge < -0.3 is 5.11 Å². The zero-order valence-corrected chi connectivity index (χ0v) is 9.88. The fourth-order valence-electron chi connectivity index (χ4n) is 1.55. The number of hydrogen-bond acceptors (Lipinski definition) is 3. The maximum Gasteiger partial charge on any atom is 0.133 e. The molecule has 1 aromatic heterocycles. The van der Waals surface area contributed by atoms with Crippen LogP contribution < -0.4 is 0 Å². The van der Waals surface area contributed by atoms with E-state index in [1.807, 2.05) is 6.92 Å². The van der Waals surface area contributed by atoms with Gasteiger partial charge in [0.05, 0.1) is 16.7 Å². The molecule has 1 aromatic carbocycles. The van der Waals surface area contributed by atoms with Crippen molar-refractivity contribution in [2.45, 2.75) is 20.0 Å². The molecule has 1 unspecified atom stereocenters. The Hall–Kier alpha value is -1.26. The standard InChI is InChI=1S/C12H12FNOS/c1-7-11(8(2)15)16-12(14-7)9-5-3-4-6-10(9)13/h3-6,8,15H,1-2H3. The fourth-order valence-corrected chi connectivity index (χ4v) is 2.58. The molecule has 1 N–H and O–H groups in total. The predicted molar refractivity (Wildman–Crippen MR) is 62.9 cm³/mol. The third-order valence-electron chi connectivity index (χ3n) is 2.32. The molecule has 84 valence electrons. The van der Waals surface area contributed by atoms with E-state index in [0.717, 1.165) is 10.6 Å². The lowest BCUT2D eigenvalue weighted by Crippen LogP contribution is -1.88. The molecule has 1 atom stereocenters. The van der Waals surface area contributed by atoms with Gasteiger partial charge in [-0.25, -0.2) is 9.37 Å². The van der Waals surface area contributed by atoms with Gasteiger partial charge in [0, 0.05) is 5.56 Å². The highest BCUT2D eigenvalue weighted by molar-refractivity contribution is 7.15. The average molecular weight is 237 g/mol. The van der Waals surface area contributed by atoms with Crippen molar-refractivity contribution >= 4 is 11.3 Å². The van der Waals surface area contributed by atoms with Crippen LogP contribution in [0.15, 0.2) is 24.3 Å². The summed E-state index contributed by atoms with van der Waals surface area (Å²) in [6.45, 7) is 3.51. The quantitative estimate of drug-likeness (QED) is 0.869. The molecule has 0 amide bonds. The Morgan fingerprint density at radius 2 is 2.06 bits per heavy atom. The first-order chi connectivity index (χ1) is 7.59. The van der Waals surface area contributed by atoms with Crippen LogP contribution in [0.1, 0.15) is 23.6 Å². The molecule has 2 aromatic rings. The van der Waals surface area contributed by atoms with Gasteiger partial charge in [-0.05, 0) is 26.0 Å². The number of aliphatic hydroxyl groups excluding tert-OH is 1. The van der Waals surface area contributed by atoms with Gasteiger partial charge in [-0.15, -0.1) is 11.3 Å². The molecule has 0 aliphatic rings. The van der Waals surface area contributed by atoms with E-state index in [4.69, 9.17) is 0 Å². The number of rotatable bonds is 2. The van der Waals surface area contributed by atoms with Crippen molar-refractivity contribution < 1.29 is 9.50 Å². The SMILES string of the molecule is Cc1nc(-c2ccccc2F)sc1C(C)O. The van der Waals surface area contributed by atoms with Crippen molar-refractivity contribution in [3.63, 3.8) is 0 Å². The molecule has 1 heterocycles. The maximum atomic E-state index is 13.5. The summed E-state index contributed by atoms with van der Waals surface area (Å²) < 4.78 is 13.5. The predicted octanol–water partition coefficient (Wildman–Crippen LogP) is 3.31. The Morgan fingerprint density at radius 1 is 1.38 bits per heavy atom. The molecule has 0 saturated carbocycles. The van der Waals surface area contributed by atoms with Crippen molar-refractivity contribution in [3.05, 3.63) is 40.7 Å². The second-order valence-corrected chi connectivity index (χ2v) is 4.66. The van der Waals surface area contributed by atoms with Gasteiger partial charge in [-0.1, -0.05) is 12.1 Å². The lowest BCUT2D eigenvalue weighted by atomic mass is 10.2. The van der Waals surface area contributed by atoms with Crippen LogP contribution in [0, 0.1) is 12.7 Å².